The molecule has 0 atom stereocenters. The van der Waals surface area contributed by atoms with Crippen LogP contribution >= 0.6 is 0 Å². The van der Waals surface area contributed by atoms with E-state index in [1.165, 1.54) is 35.3 Å². The molecule has 4 aromatic rings. The van der Waals surface area contributed by atoms with Gasteiger partial charge in [0.1, 0.15) is 11.3 Å². The number of amides is 1. The van der Waals surface area contributed by atoms with Crippen molar-refractivity contribution >= 4 is 22.3 Å². The summed E-state index contributed by atoms with van der Waals surface area (Å²) in [4.78, 5) is 34.1. The number of ether oxygens (including phenoxy) is 1. The summed E-state index contributed by atoms with van der Waals surface area (Å²) in [6.45, 7) is 2.47. The van der Waals surface area contributed by atoms with Gasteiger partial charge in [-0.1, -0.05) is 24.6 Å². The van der Waals surface area contributed by atoms with Gasteiger partial charge in [-0.15, -0.1) is 0 Å². The van der Waals surface area contributed by atoms with Crippen molar-refractivity contribution in [2.75, 3.05) is 13.7 Å². The van der Waals surface area contributed by atoms with E-state index >= 15 is 0 Å². The highest BCUT2D eigenvalue weighted by Crippen LogP contribution is 2.25. The molecule has 1 fully saturated rings. The number of benzene rings is 1. The molecule has 1 saturated carbocycles. The monoisotopic (exact) mass is 471 g/mol. The van der Waals surface area contributed by atoms with Gasteiger partial charge in [-0.05, 0) is 60.5 Å². The van der Waals surface area contributed by atoms with Crippen molar-refractivity contribution < 1.29 is 9.53 Å². The fourth-order valence-electron chi connectivity index (χ4n) is 4.44. The fraction of sp³-hybridized carbons (Fsp3) is 0.333. The summed E-state index contributed by atoms with van der Waals surface area (Å²) >= 11 is 0. The third-order valence-electron chi connectivity index (χ3n) is 6.53. The number of rotatable bonds is 9. The number of fused-ring (bicyclic) bond motifs is 2. The van der Waals surface area contributed by atoms with Crippen LogP contribution in [0.2, 0.25) is 0 Å². The lowest BCUT2D eigenvalue weighted by atomic mass is 9.85. The van der Waals surface area contributed by atoms with Crippen LogP contribution in [0.1, 0.15) is 46.7 Å². The Morgan fingerprint density at radius 3 is 2.80 bits per heavy atom. The molecule has 8 heteroatoms. The Hall–Kier alpha value is -3.62. The van der Waals surface area contributed by atoms with Crippen molar-refractivity contribution in [3.63, 3.8) is 0 Å². The molecule has 0 spiro atoms. The van der Waals surface area contributed by atoms with Gasteiger partial charge >= 0.3 is 0 Å². The quantitative estimate of drug-likeness (QED) is 0.389. The summed E-state index contributed by atoms with van der Waals surface area (Å²) in [5.41, 5.74) is 2.96. The Morgan fingerprint density at radius 1 is 1.11 bits per heavy atom. The van der Waals surface area contributed by atoms with Crippen LogP contribution in [0.3, 0.4) is 0 Å². The summed E-state index contributed by atoms with van der Waals surface area (Å²) in [6, 6.07) is 14.8. The minimum atomic E-state index is -0.419. The van der Waals surface area contributed by atoms with Gasteiger partial charge in [-0.3, -0.25) is 19.0 Å². The minimum absolute atomic E-state index is 0.0823. The molecule has 1 aliphatic carbocycles. The molecular weight excluding hydrogens is 442 g/mol. The number of carbonyl (C=O) groups excluding carboxylic acids is 1. The van der Waals surface area contributed by atoms with Crippen molar-refractivity contribution in [1.29, 1.82) is 0 Å². The maximum atomic E-state index is 12.8. The molecule has 0 saturated heterocycles. The van der Waals surface area contributed by atoms with Gasteiger partial charge in [0.15, 0.2) is 0 Å². The van der Waals surface area contributed by atoms with E-state index in [0.717, 1.165) is 41.2 Å². The Bertz CT molecular complexity index is 1430. The van der Waals surface area contributed by atoms with E-state index in [1.807, 2.05) is 6.07 Å². The summed E-state index contributed by atoms with van der Waals surface area (Å²) in [5, 5.41) is 8.51. The molecule has 1 amide bonds. The highest BCUT2D eigenvalue weighted by atomic mass is 16.5. The molecule has 0 radical (unpaired) electrons. The second-order valence-electron chi connectivity index (χ2n) is 9.07. The van der Waals surface area contributed by atoms with Crippen LogP contribution in [0.5, 0.6) is 0 Å². The van der Waals surface area contributed by atoms with Crippen molar-refractivity contribution in [3.05, 3.63) is 87.7 Å². The highest BCUT2D eigenvalue weighted by Gasteiger charge is 2.16. The van der Waals surface area contributed by atoms with Gasteiger partial charge in [-0.2, -0.15) is 0 Å². The molecule has 0 unspecified atom stereocenters. The van der Waals surface area contributed by atoms with Crippen LogP contribution in [0.4, 0.5) is 0 Å². The van der Waals surface area contributed by atoms with E-state index in [9.17, 15) is 9.59 Å². The number of hydrogen-bond donors (Lipinski definition) is 2. The molecule has 0 bridgehead atoms. The van der Waals surface area contributed by atoms with Crippen LogP contribution in [0.15, 0.2) is 59.5 Å². The molecule has 1 aliphatic rings. The molecule has 3 aromatic heterocycles. The molecule has 2 N–H and O–H groups in total. The fourth-order valence-corrected chi connectivity index (χ4v) is 4.44. The molecule has 180 valence electrons. The third kappa shape index (κ3) is 5.23. The molecule has 35 heavy (non-hydrogen) atoms. The zero-order chi connectivity index (χ0) is 24.2. The first kappa shape index (κ1) is 23.1. The number of methoxy groups -OCH3 is 1. The Balaban J connectivity index is 1.33. The zero-order valence-electron chi connectivity index (χ0n) is 19.8. The normalized spacial score (nSPS) is 13.7. The van der Waals surface area contributed by atoms with E-state index in [0.29, 0.717) is 12.3 Å². The largest absolute Gasteiger partial charge is 0.378 e. The van der Waals surface area contributed by atoms with Crippen molar-refractivity contribution in [2.45, 2.75) is 39.0 Å². The van der Waals surface area contributed by atoms with E-state index in [-0.39, 0.29) is 17.8 Å². The van der Waals surface area contributed by atoms with Crippen molar-refractivity contribution in [3.8, 4) is 0 Å². The molecule has 3 heterocycles. The summed E-state index contributed by atoms with van der Waals surface area (Å²) < 4.78 is 6.77. The average Bonchev–Trinajstić information content (AvgIpc) is 2.84. The van der Waals surface area contributed by atoms with Crippen molar-refractivity contribution in [1.82, 2.24) is 25.0 Å². The highest BCUT2D eigenvalue weighted by molar-refractivity contribution is 5.92. The first-order valence-corrected chi connectivity index (χ1v) is 12.0. The second kappa shape index (κ2) is 10.3. The van der Waals surface area contributed by atoms with E-state index in [2.05, 4.69) is 33.8 Å². The maximum Gasteiger partial charge on any atom is 0.270 e. The van der Waals surface area contributed by atoms with Crippen LogP contribution in [0.25, 0.3) is 16.4 Å². The standard InChI is InChI=1S/C27H29N5O3/c1-35-17-24-22-9-8-19(15-28-14-18-5-4-6-18)11-20(22)12-21(30-24)16-29-27(34)23-13-26(33)32-10-3-2-7-25(32)31-23/h2-3,7-13,18,28H,4-6,14-17H2,1H3,(H,29,34). The number of hydrogen-bond acceptors (Lipinski definition) is 6. The van der Waals surface area contributed by atoms with Gasteiger partial charge in [-0.25, -0.2) is 4.98 Å². The average molecular weight is 472 g/mol. The van der Waals surface area contributed by atoms with Gasteiger partial charge in [0.25, 0.3) is 11.5 Å². The third-order valence-corrected chi connectivity index (χ3v) is 6.53. The Morgan fingerprint density at radius 2 is 2.00 bits per heavy atom. The summed E-state index contributed by atoms with van der Waals surface area (Å²) in [5.74, 6) is 0.397. The lowest BCUT2D eigenvalue weighted by Crippen LogP contribution is -2.27. The van der Waals surface area contributed by atoms with Gasteiger partial charge in [0.2, 0.25) is 0 Å². The van der Waals surface area contributed by atoms with Crippen molar-refractivity contribution in [2.24, 2.45) is 5.92 Å². The minimum Gasteiger partial charge on any atom is -0.378 e. The predicted octanol–water partition coefficient (Wildman–Crippen LogP) is 3.21. The van der Waals surface area contributed by atoms with Crippen LogP contribution in [-0.2, 0) is 24.4 Å². The topological polar surface area (TPSA) is 97.6 Å². The number of pyridine rings is 2. The Labute approximate surface area is 203 Å². The molecular formula is C27H29N5O3. The smallest absolute Gasteiger partial charge is 0.270 e. The lowest BCUT2D eigenvalue weighted by Gasteiger charge is -2.25. The first-order chi connectivity index (χ1) is 17.1. The zero-order valence-corrected chi connectivity index (χ0v) is 19.8. The van der Waals surface area contributed by atoms with Crippen LogP contribution < -0.4 is 16.2 Å². The molecule has 1 aromatic carbocycles. The number of carbonyl (C=O) groups is 1. The molecule has 0 aliphatic heterocycles. The number of nitrogens with zero attached hydrogens (tertiary/aromatic N) is 3. The second-order valence-corrected chi connectivity index (χ2v) is 9.07. The summed E-state index contributed by atoms with van der Waals surface area (Å²) in [6.07, 6.45) is 5.63. The van der Waals surface area contributed by atoms with Gasteiger partial charge < -0.3 is 15.4 Å². The van der Waals surface area contributed by atoms with Gasteiger partial charge in [0, 0.05) is 31.3 Å². The Kier molecular flexibility index (Phi) is 6.83. The summed E-state index contributed by atoms with van der Waals surface area (Å²) in [7, 11) is 1.64. The lowest BCUT2D eigenvalue weighted by molar-refractivity contribution is 0.0945. The van der Waals surface area contributed by atoms with E-state index < -0.39 is 5.91 Å². The van der Waals surface area contributed by atoms with Crippen LogP contribution in [-0.4, -0.2) is 33.9 Å². The maximum absolute atomic E-state index is 12.8. The number of aromatic nitrogens is 3. The van der Waals surface area contributed by atoms with Crippen LogP contribution in [0, 0.1) is 5.92 Å². The molecule has 8 nitrogen and oxygen atoms in total. The van der Waals surface area contributed by atoms with E-state index in [4.69, 9.17) is 9.72 Å². The predicted molar refractivity (Wildman–Crippen MR) is 134 cm³/mol. The number of nitrogens with one attached hydrogen (secondary N) is 2. The van der Waals surface area contributed by atoms with Gasteiger partial charge in [0.05, 0.1) is 24.5 Å². The van der Waals surface area contributed by atoms with E-state index in [1.54, 1.807) is 31.5 Å². The first-order valence-electron chi connectivity index (χ1n) is 12.0. The SMILES string of the molecule is COCc1nc(CNC(=O)c2cc(=O)n3ccccc3n2)cc2cc(CNCC3CCC3)ccc12. The molecule has 5 rings (SSSR count).